The molecule has 1 N–H and O–H groups in total. The van der Waals surface area contributed by atoms with E-state index >= 15 is 0 Å². The molecule has 2 saturated carbocycles. The van der Waals surface area contributed by atoms with Gasteiger partial charge in [0.05, 0.1) is 0 Å². The summed E-state index contributed by atoms with van der Waals surface area (Å²) in [7, 11) is 0. The predicted octanol–water partition coefficient (Wildman–Crippen LogP) is 5.73. The lowest BCUT2D eigenvalue weighted by molar-refractivity contribution is -0.133. The zero-order valence-corrected chi connectivity index (χ0v) is 15.6. The number of fused-ring (bicyclic) bond motifs is 2. The molecule has 0 unspecified atom stereocenters. The molecule has 130 valence electrons. The van der Waals surface area contributed by atoms with Crippen molar-refractivity contribution in [3.05, 3.63) is 34.9 Å². The fraction of sp³-hybridized carbons (Fsp3) is 0.636. The van der Waals surface area contributed by atoms with Gasteiger partial charge < -0.3 is 9.84 Å². The van der Waals surface area contributed by atoms with Gasteiger partial charge >= 0.3 is 0 Å². The minimum Gasteiger partial charge on any atom is -0.508 e. The Hall–Kier alpha value is -1.44. The summed E-state index contributed by atoms with van der Waals surface area (Å²) in [5, 5.41) is 10.7. The van der Waals surface area contributed by atoms with Gasteiger partial charge in [-0.2, -0.15) is 0 Å². The Morgan fingerprint density at radius 1 is 1.33 bits per heavy atom. The van der Waals surface area contributed by atoms with Crippen LogP contribution >= 0.6 is 0 Å². The van der Waals surface area contributed by atoms with Crippen LogP contribution in [0.1, 0.15) is 70.4 Å². The number of phenols is 1. The standard InChI is InChI=1S/C22H30O2/c1-13(2)7-6-9-21(4)15-8-10-22(5)19(15)20(21)18-16(23)11-14(3)12-17(18)24-22/h7,11-12,15,19-20,23H,6,8-10H2,1-5H3/t15-,19+,20+,21-,22+/m1/s1. The van der Waals surface area contributed by atoms with Gasteiger partial charge in [0, 0.05) is 17.4 Å². The third-order valence-electron chi connectivity index (χ3n) is 7.16. The Balaban J connectivity index is 1.77. The minimum absolute atomic E-state index is 0.0431. The van der Waals surface area contributed by atoms with Gasteiger partial charge in [0.2, 0.25) is 0 Å². The average molecular weight is 326 g/mol. The second-order valence-corrected chi connectivity index (χ2v) is 9.09. The Morgan fingerprint density at radius 2 is 2.08 bits per heavy atom. The van der Waals surface area contributed by atoms with Crippen LogP contribution in [-0.4, -0.2) is 10.7 Å². The Morgan fingerprint density at radius 3 is 2.79 bits per heavy atom. The van der Waals surface area contributed by atoms with Gasteiger partial charge in [-0.3, -0.25) is 0 Å². The molecule has 5 atom stereocenters. The zero-order valence-electron chi connectivity index (χ0n) is 15.6. The van der Waals surface area contributed by atoms with Crippen LogP contribution in [0.15, 0.2) is 23.8 Å². The van der Waals surface area contributed by atoms with Crippen molar-refractivity contribution < 1.29 is 9.84 Å². The molecule has 2 aliphatic carbocycles. The molecule has 0 saturated heterocycles. The first kappa shape index (κ1) is 16.1. The van der Waals surface area contributed by atoms with Crippen molar-refractivity contribution in [1.29, 1.82) is 0 Å². The van der Waals surface area contributed by atoms with E-state index < -0.39 is 0 Å². The van der Waals surface area contributed by atoms with E-state index in [4.69, 9.17) is 4.74 Å². The second kappa shape index (κ2) is 5.03. The van der Waals surface area contributed by atoms with E-state index in [1.165, 1.54) is 18.4 Å². The Labute approximate surface area is 145 Å². The number of aryl methyl sites for hydroxylation is 1. The summed E-state index contributed by atoms with van der Waals surface area (Å²) < 4.78 is 6.47. The molecule has 3 aliphatic rings. The van der Waals surface area contributed by atoms with Crippen molar-refractivity contribution in [1.82, 2.24) is 0 Å². The summed E-state index contributed by atoms with van der Waals surface area (Å²) in [5.74, 6) is 3.10. The molecule has 0 amide bonds. The smallest absolute Gasteiger partial charge is 0.127 e. The maximum absolute atomic E-state index is 10.7. The molecule has 2 heteroatoms. The molecule has 2 nitrogen and oxygen atoms in total. The number of allylic oxidation sites excluding steroid dienone is 2. The van der Waals surface area contributed by atoms with E-state index in [-0.39, 0.29) is 11.0 Å². The van der Waals surface area contributed by atoms with Crippen LogP contribution in [0.3, 0.4) is 0 Å². The highest BCUT2D eigenvalue weighted by Crippen LogP contribution is 2.75. The lowest BCUT2D eigenvalue weighted by atomic mass is 9.43. The van der Waals surface area contributed by atoms with Crippen LogP contribution in [0.5, 0.6) is 11.5 Å². The van der Waals surface area contributed by atoms with Gasteiger partial charge in [0.25, 0.3) is 0 Å². The van der Waals surface area contributed by atoms with Crippen LogP contribution in [0.4, 0.5) is 0 Å². The van der Waals surface area contributed by atoms with E-state index in [1.807, 2.05) is 13.0 Å². The number of hydrogen-bond donors (Lipinski definition) is 1. The normalized spacial score (nSPS) is 38.6. The highest BCUT2D eigenvalue weighted by Gasteiger charge is 2.70. The van der Waals surface area contributed by atoms with E-state index in [0.717, 1.165) is 35.6 Å². The molecule has 0 spiro atoms. The Kier molecular flexibility index (Phi) is 3.37. The summed E-state index contributed by atoms with van der Waals surface area (Å²) in [4.78, 5) is 0. The van der Waals surface area contributed by atoms with Crippen LogP contribution in [0.25, 0.3) is 0 Å². The van der Waals surface area contributed by atoms with Gasteiger partial charge in [-0.15, -0.1) is 0 Å². The number of rotatable bonds is 3. The molecule has 1 heterocycles. The largest absolute Gasteiger partial charge is 0.508 e. The van der Waals surface area contributed by atoms with Crippen molar-refractivity contribution in [3.8, 4) is 11.5 Å². The number of hydrogen-bond acceptors (Lipinski definition) is 2. The highest BCUT2D eigenvalue weighted by atomic mass is 16.5. The average Bonchev–Trinajstić information content (AvgIpc) is 2.79. The fourth-order valence-electron chi connectivity index (χ4n) is 6.10. The van der Waals surface area contributed by atoms with E-state index in [1.54, 1.807) is 0 Å². The van der Waals surface area contributed by atoms with Crippen molar-refractivity contribution in [2.45, 2.75) is 71.8 Å². The molecule has 1 aromatic rings. The maximum atomic E-state index is 10.7. The Bertz CT molecular complexity index is 715. The molecule has 24 heavy (non-hydrogen) atoms. The van der Waals surface area contributed by atoms with Crippen molar-refractivity contribution in [2.75, 3.05) is 0 Å². The minimum atomic E-state index is -0.0431. The highest BCUT2D eigenvalue weighted by molar-refractivity contribution is 5.54. The van der Waals surface area contributed by atoms with Gasteiger partial charge in [-0.1, -0.05) is 18.6 Å². The molecular formula is C22H30O2. The number of aromatic hydroxyl groups is 1. The molecule has 1 aliphatic heterocycles. The monoisotopic (exact) mass is 326 g/mol. The van der Waals surface area contributed by atoms with Gasteiger partial charge in [-0.25, -0.2) is 0 Å². The lowest BCUT2D eigenvalue weighted by Crippen LogP contribution is -2.60. The molecule has 0 aromatic heterocycles. The molecule has 0 bridgehead atoms. The summed E-state index contributed by atoms with van der Waals surface area (Å²) in [6.07, 6.45) is 7.11. The summed E-state index contributed by atoms with van der Waals surface area (Å²) in [6, 6.07) is 4.03. The second-order valence-electron chi connectivity index (χ2n) is 9.09. The molecule has 0 radical (unpaired) electrons. The molecule has 2 fully saturated rings. The lowest BCUT2D eigenvalue weighted by Gasteiger charge is -2.63. The topological polar surface area (TPSA) is 29.5 Å². The van der Waals surface area contributed by atoms with E-state index in [9.17, 15) is 5.11 Å². The van der Waals surface area contributed by atoms with E-state index in [2.05, 4.69) is 39.8 Å². The van der Waals surface area contributed by atoms with Gasteiger partial charge in [-0.05, 0) is 82.4 Å². The predicted molar refractivity (Wildman–Crippen MR) is 97.6 cm³/mol. The quantitative estimate of drug-likeness (QED) is 0.719. The van der Waals surface area contributed by atoms with Crippen molar-refractivity contribution >= 4 is 0 Å². The third kappa shape index (κ3) is 2.01. The maximum Gasteiger partial charge on any atom is 0.127 e. The number of ether oxygens (including phenoxy) is 1. The fourth-order valence-corrected chi connectivity index (χ4v) is 6.10. The van der Waals surface area contributed by atoms with Crippen molar-refractivity contribution in [2.24, 2.45) is 17.3 Å². The van der Waals surface area contributed by atoms with Crippen LogP contribution in [-0.2, 0) is 0 Å². The third-order valence-corrected chi connectivity index (χ3v) is 7.16. The van der Waals surface area contributed by atoms with E-state index in [0.29, 0.717) is 17.6 Å². The number of benzene rings is 1. The van der Waals surface area contributed by atoms with Crippen LogP contribution in [0.2, 0.25) is 0 Å². The van der Waals surface area contributed by atoms with Crippen LogP contribution in [0, 0.1) is 24.2 Å². The molecular weight excluding hydrogens is 296 g/mol. The van der Waals surface area contributed by atoms with Crippen LogP contribution < -0.4 is 4.74 Å². The summed E-state index contributed by atoms with van der Waals surface area (Å²) >= 11 is 0. The first-order valence-corrected chi connectivity index (χ1v) is 9.42. The van der Waals surface area contributed by atoms with Crippen molar-refractivity contribution in [3.63, 3.8) is 0 Å². The molecule has 4 rings (SSSR count). The number of phenolic OH excluding ortho intramolecular Hbond substituents is 1. The summed E-state index contributed by atoms with van der Waals surface area (Å²) in [5.41, 5.74) is 3.80. The summed E-state index contributed by atoms with van der Waals surface area (Å²) in [6.45, 7) is 11.1. The first-order valence-electron chi connectivity index (χ1n) is 9.42. The first-order chi connectivity index (χ1) is 11.3. The zero-order chi connectivity index (χ0) is 17.3. The van der Waals surface area contributed by atoms with Gasteiger partial charge in [0.15, 0.2) is 0 Å². The van der Waals surface area contributed by atoms with Gasteiger partial charge in [0.1, 0.15) is 17.1 Å². The SMILES string of the molecule is CC(C)=CCC[C@]1(C)[C@@H]2CC[C@]3(C)Oc4cc(C)cc(O)c4[C@H]1[C@H]23. The molecule has 1 aromatic carbocycles.